The summed E-state index contributed by atoms with van der Waals surface area (Å²) in [6, 6.07) is 13.6. The zero-order valence-corrected chi connectivity index (χ0v) is 21.6. The minimum atomic E-state index is -0.493. The number of piperidine rings is 1. The highest BCUT2D eigenvalue weighted by Crippen LogP contribution is 2.35. The van der Waals surface area contributed by atoms with Crippen molar-refractivity contribution < 1.29 is 23.8 Å². The summed E-state index contributed by atoms with van der Waals surface area (Å²) in [5.74, 6) is 0.945. The van der Waals surface area contributed by atoms with E-state index < -0.39 is 5.60 Å². The van der Waals surface area contributed by atoms with E-state index in [-0.39, 0.29) is 24.2 Å². The lowest BCUT2D eigenvalue weighted by molar-refractivity contribution is -0.149. The molecule has 4 rings (SSSR count). The number of ether oxygens (including phenoxy) is 3. The first-order valence-electron chi connectivity index (χ1n) is 12.5. The third kappa shape index (κ3) is 6.46. The van der Waals surface area contributed by atoms with Gasteiger partial charge < -0.3 is 24.4 Å². The van der Waals surface area contributed by atoms with E-state index in [1.165, 1.54) is 0 Å². The maximum absolute atomic E-state index is 12.3. The van der Waals surface area contributed by atoms with E-state index >= 15 is 0 Å². The number of nitrogens with zero attached hydrogens (tertiary/aromatic N) is 1. The number of carbonyl (C=O) groups excluding carboxylic acids is 2. The van der Waals surface area contributed by atoms with Gasteiger partial charge in [0.2, 0.25) is 6.29 Å². The molecule has 0 saturated carbocycles. The Kier molecular flexibility index (Phi) is 7.69. The predicted octanol–water partition coefficient (Wildman–Crippen LogP) is 5.54. The van der Waals surface area contributed by atoms with E-state index in [9.17, 15) is 9.59 Å². The summed E-state index contributed by atoms with van der Waals surface area (Å²) in [7, 11) is 0. The molecule has 2 heterocycles. The van der Waals surface area contributed by atoms with Gasteiger partial charge in [0, 0.05) is 36.7 Å². The zero-order chi connectivity index (χ0) is 25.9. The summed E-state index contributed by atoms with van der Waals surface area (Å²) < 4.78 is 17.8. The summed E-state index contributed by atoms with van der Waals surface area (Å²) in [5.41, 5.74) is 4.09. The maximum Gasteiger partial charge on any atom is 0.410 e. The molecule has 2 aliphatic rings. The summed E-state index contributed by atoms with van der Waals surface area (Å²) in [5, 5.41) is 2.85. The number of likely N-dealkylation sites (tertiary alicyclic amines) is 1. The van der Waals surface area contributed by atoms with Crippen LogP contribution in [0.3, 0.4) is 0 Å². The van der Waals surface area contributed by atoms with Crippen LogP contribution >= 0.6 is 0 Å². The van der Waals surface area contributed by atoms with Gasteiger partial charge in [-0.2, -0.15) is 0 Å². The lowest BCUT2D eigenvalue weighted by Gasteiger charge is -2.38. The maximum atomic E-state index is 12.3. The van der Waals surface area contributed by atoms with Crippen LogP contribution in [0.25, 0.3) is 11.1 Å². The Morgan fingerprint density at radius 3 is 2.39 bits per heavy atom. The van der Waals surface area contributed by atoms with Gasteiger partial charge in [0.05, 0.1) is 6.61 Å². The third-order valence-electron chi connectivity index (χ3n) is 6.31. The van der Waals surface area contributed by atoms with Gasteiger partial charge in [0.1, 0.15) is 11.4 Å². The molecule has 1 unspecified atom stereocenters. The Balaban J connectivity index is 1.34. The third-order valence-corrected chi connectivity index (χ3v) is 6.31. The molecule has 0 bridgehead atoms. The molecule has 2 aliphatic heterocycles. The second kappa shape index (κ2) is 10.7. The summed E-state index contributed by atoms with van der Waals surface area (Å²) >= 11 is 0. The topological polar surface area (TPSA) is 77.1 Å². The first-order valence-corrected chi connectivity index (χ1v) is 12.5. The lowest BCUT2D eigenvalue weighted by atomic mass is 9.95. The van der Waals surface area contributed by atoms with Crippen LogP contribution in [-0.4, -0.2) is 48.4 Å². The van der Waals surface area contributed by atoms with Gasteiger partial charge in [-0.1, -0.05) is 30.4 Å². The van der Waals surface area contributed by atoms with Crippen LogP contribution in [0.15, 0.2) is 54.6 Å². The molecule has 1 fully saturated rings. The van der Waals surface area contributed by atoms with Crippen LogP contribution < -0.4 is 10.1 Å². The van der Waals surface area contributed by atoms with Crippen molar-refractivity contribution >= 4 is 12.0 Å². The van der Waals surface area contributed by atoms with Crippen LogP contribution in [0.1, 0.15) is 56.5 Å². The molecule has 1 saturated heterocycles. The molecule has 0 aromatic heterocycles. The van der Waals surface area contributed by atoms with Gasteiger partial charge in [0.25, 0.3) is 5.91 Å². The van der Waals surface area contributed by atoms with Gasteiger partial charge in [-0.3, -0.25) is 4.79 Å². The van der Waals surface area contributed by atoms with E-state index in [2.05, 4.69) is 18.0 Å². The van der Waals surface area contributed by atoms with E-state index in [1.807, 2.05) is 64.1 Å². The monoisotopic (exact) mass is 492 g/mol. The smallest absolute Gasteiger partial charge is 0.410 e. The first kappa shape index (κ1) is 25.8. The quantitative estimate of drug-likeness (QED) is 0.555. The summed E-state index contributed by atoms with van der Waals surface area (Å²) in [6.07, 6.45) is 1.04. The van der Waals surface area contributed by atoms with E-state index in [4.69, 9.17) is 14.2 Å². The van der Waals surface area contributed by atoms with Gasteiger partial charge in [-0.25, -0.2) is 4.79 Å². The average molecular weight is 493 g/mol. The minimum Gasteiger partial charge on any atom is -0.464 e. The van der Waals surface area contributed by atoms with Crippen LogP contribution in [0.4, 0.5) is 4.79 Å². The van der Waals surface area contributed by atoms with Crippen molar-refractivity contribution in [3.05, 3.63) is 65.7 Å². The highest BCUT2D eigenvalue weighted by atomic mass is 16.7. The molecule has 7 nitrogen and oxygen atoms in total. The molecule has 2 aromatic rings. The number of nitrogens with one attached hydrogen (secondary N) is 1. The fourth-order valence-electron chi connectivity index (χ4n) is 4.38. The molecular weight excluding hydrogens is 456 g/mol. The van der Waals surface area contributed by atoms with Crippen LogP contribution in [-0.2, 0) is 16.1 Å². The standard InChI is InChI=1S/C29H36N2O5/c1-19(2)17-30-26(32)21-8-6-20(7-9-21)23-10-11-25-24(16-23)18-34-27(35-25)22-12-14-31(15-13-22)28(33)36-29(3,4)5/h6-11,16,22,27H,1,12-15,17-18H2,2-5H3,(H,30,32). The van der Waals surface area contributed by atoms with Crippen molar-refractivity contribution in [2.75, 3.05) is 19.6 Å². The van der Waals surface area contributed by atoms with Crippen LogP contribution in [0.5, 0.6) is 5.75 Å². The van der Waals surface area contributed by atoms with Crippen molar-refractivity contribution in [3.63, 3.8) is 0 Å². The largest absolute Gasteiger partial charge is 0.464 e. The Labute approximate surface area is 213 Å². The van der Waals surface area contributed by atoms with Crippen molar-refractivity contribution in [3.8, 4) is 16.9 Å². The SMILES string of the molecule is C=C(C)CNC(=O)c1ccc(-c2ccc3c(c2)COC(C2CCN(C(=O)OC(C)(C)C)CC2)O3)cc1. The molecular formula is C29H36N2O5. The fraction of sp³-hybridized carbons (Fsp3) is 0.448. The fourth-order valence-corrected chi connectivity index (χ4v) is 4.38. The predicted molar refractivity (Wildman–Crippen MR) is 139 cm³/mol. The van der Waals surface area contributed by atoms with Gasteiger partial charge in [-0.05, 0) is 75.9 Å². The van der Waals surface area contributed by atoms with Crippen LogP contribution in [0, 0.1) is 5.92 Å². The van der Waals surface area contributed by atoms with Crippen LogP contribution in [0.2, 0.25) is 0 Å². The molecule has 192 valence electrons. The van der Waals surface area contributed by atoms with Crippen molar-refractivity contribution in [1.82, 2.24) is 10.2 Å². The van der Waals surface area contributed by atoms with Crippen molar-refractivity contribution in [2.24, 2.45) is 5.92 Å². The molecule has 1 N–H and O–H groups in total. The Hall–Kier alpha value is -3.32. The molecule has 36 heavy (non-hydrogen) atoms. The second-order valence-corrected chi connectivity index (χ2v) is 10.6. The number of hydrogen-bond acceptors (Lipinski definition) is 5. The molecule has 2 aromatic carbocycles. The van der Waals surface area contributed by atoms with Gasteiger partial charge >= 0.3 is 6.09 Å². The Bertz CT molecular complexity index is 1110. The summed E-state index contributed by atoms with van der Waals surface area (Å²) in [4.78, 5) is 26.3. The lowest BCUT2D eigenvalue weighted by Crippen LogP contribution is -2.45. The van der Waals surface area contributed by atoms with Gasteiger partial charge in [-0.15, -0.1) is 0 Å². The van der Waals surface area contributed by atoms with Crippen molar-refractivity contribution in [2.45, 2.75) is 59.0 Å². The highest BCUT2D eigenvalue weighted by Gasteiger charge is 2.34. The normalized spacial score (nSPS) is 18.1. The number of carbonyl (C=O) groups is 2. The molecule has 1 atom stereocenters. The van der Waals surface area contributed by atoms with E-state index in [1.54, 1.807) is 4.90 Å². The number of fused-ring (bicyclic) bond motifs is 1. The molecule has 0 radical (unpaired) electrons. The highest BCUT2D eigenvalue weighted by molar-refractivity contribution is 5.94. The number of hydrogen-bond donors (Lipinski definition) is 1. The van der Waals surface area contributed by atoms with Gasteiger partial charge in [0.15, 0.2) is 0 Å². The molecule has 2 amide bonds. The number of rotatable bonds is 5. The zero-order valence-electron chi connectivity index (χ0n) is 21.6. The molecule has 0 spiro atoms. The molecule has 7 heteroatoms. The van der Waals surface area contributed by atoms with Crippen molar-refractivity contribution in [1.29, 1.82) is 0 Å². The Morgan fingerprint density at radius 2 is 1.75 bits per heavy atom. The number of amides is 2. The Morgan fingerprint density at radius 1 is 1.08 bits per heavy atom. The van der Waals surface area contributed by atoms with E-state index in [0.717, 1.165) is 40.9 Å². The average Bonchev–Trinajstić information content (AvgIpc) is 2.86. The molecule has 0 aliphatic carbocycles. The number of benzene rings is 2. The van der Waals surface area contributed by atoms with E-state index in [0.29, 0.717) is 31.8 Å². The second-order valence-electron chi connectivity index (χ2n) is 10.6. The first-order chi connectivity index (χ1) is 17.1. The summed E-state index contributed by atoms with van der Waals surface area (Å²) in [6.45, 7) is 13.5. The minimum absolute atomic E-state index is 0.111.